The molecule has 1 aliphatic rings. The molecule has 1 saturated carbocycles. The van der Waals surface area contributed by atoms with Gasteiger partial charge in [0.1, 0.15) is 0 Å². The lowest BCUT2D eigenvalue weighted by Crippen LogP contribution is -2.21. The second-order valence-electron chi connectivity index (χ2n) is 6.87. The predicted molar refractivity (Wildman–Crippen MR) is 97.0 cm³/mol. The molecule has 1 N–H and O–H groups in total. The Balaban J connectivity index is 1.90. The van der Waals surface area contributed by atoms with Crippen molar-refractivity contribution in [2.24, 2.45) is 0 Å². The van der Waals surface area contributed by atoms with Crippen molar-refractivity contribution in [3.8, 4) is 0 Å². The van der Waals surface area contributed by atoms with Gasteiger partial charge in [0.2, 0.25) is 5.95 Å². The molecule has 23 heavy (non-hydrogen) atoms. The zero-order valence-electron chi connectivity index (χ0n) is 14.4. The maximum absolute atomic E-state index is 4.92. The average Bonchev–Trinajstić information content (AvgIpc) is 2.83. The minimum Gasteiger partial charge on any atom is -0.353 e. The van der Waals surface area contributed by atoms with Crippen molar-refractivity contribution in [2.75, 3.05) is 32.5 Å². The summed E-state index contributed by atoms with van der Waals surface area (Å²) in [6.07, 6.45) is 7.91. The molecule has 4 heteroatoms. The van der Waals surface area contributed by atoms with Crippen LogP contribution in [0.4, 0.5) is 5.95 Å². The first-order valence-corrected chi connectivity index (χ1v) is 8.89. The van der Waals surface area contributed by atoms with Crippen LogP contribution in [-0.4, -0.2) is 42.1 Å². The molecule has 1 aromatic carbocycles. The van der Waals surface area contributed by atoms with Crippen molar-refractivity contribution in [3.63, 3.8) is 0 Å². The molecule has 0 radical (unpaired) electrons. The molecule has 0 spiro atoms. The highest BCUT2D eigenvalue weighted by atomic mass is 15.1. The van der Waals surface area contributed by atoms with Gasteiger partial charge < -0.3 is 10.2 Å². The topological polar surface area (TPSA) is 41.0 Å². The highest BCUT2D eigenvalue weighted by Gasteiger charge is 2.19. The van der Waals surface area contributed by atoms with E-state index in [1.54, 1.807) is 0 Å². The quantitative estimate of drug-likeness (QED) is 0.846. The molecular weight excluding hydrogens is 284 g/mol. The minimum atomic E-state index is 0.583. The van der Waals surface area contributed by atoms with E-state index in [4.69, 9.17) is 9.97 Å². The smallest absolute Gasteiger partial charge is 0.223 e. The van der Waals surface area contributed by atoms with E-state index in [1.807, 2.05) is 0 Å². The summed E-state index contributed by atoms with van der Waals surface area (Å²) < 4.78 is 0. The summed E-state index contributed by atoms with van der Waals surface area (Å²) in [7, 11) is 4.17. The molecule has 0 amide bonds. The van der Waals surface area contributed by atoms with Gasteiger partial charge in [-0.1, -0.05) is 43.9 Å². The van der Waals surface area contributed by atoms with Gasteiger partial charge in [-0.05, 0) is 33.0 Å². The van der Waals surface area contributed by atoms with Crippen molar-refractivity contribution in [1.82, 2.24) is 14.9 Å². The summed E-state index contributed by atoms with van der Waals surface area (Å²) in [5.41, 5.74) is 2.32. The number of rotatable bonds is 5. The van der Waals surface area contributed by atoms with Crippen LogP contribution in [-0.2, 0) is 0 Å². The summed E-state index contributed by atoms with van der Waals surface area (Å²) in [6.45, 7) is 1.85. The van der Waals surface area contributed by atoms with E-state index in [0.717, 1.165) is 24.6 Å². The Kier molecular flexibility index (Phi) is 5.44. The second-order valence-corrected chi connectivity index (χ2v) is 6.87. The monoisotopic (exact) mass is 312 g/mol. The Morgan fingerprint density at radius 1 is 1.04 bits per heavy atom. The van der Waals surface area contributed by atoms with E-state index in [1.165, 1.54) is 49.6 Å². The number of likely N-dealkylation sites (N-methyl/N-ethyl adjacent to an activating group) is 1. The van der Waals surface area contributed by atoms with Crippen LogP contribution in [0.3, 0.4) is 0 Å². The van der Waals surface area contributed by atoms with E-state index in [-0.39, 0.29) is 0 Å². The van der Waals surface area contributed by atoms with Crippen LogP contribution >= 0.6 is 0 Å². The number of anilines is 1. The summed E-state index contributed by atoms with van der Waals surface area (Å²) in [4.78, 5) is 11.8. The van der Waals surface area contributed by atoms with Gasteiger partial charge in [-0.3, -0.25) is 0 Å². The van der Waals surface area contributed by atoms with Gasteiger partial charge in [-0.15, -0.1) is 0 Å². The maximum Gasteiger partial charge on any atom is 0.223 e. The van der Waals surface area contributed by atoms with Crippen LogP contribution in [0.5, 0.6) is 0 Å². The van der Waals surface area contributed by atoms with Gasteiger partial charge in [-0.2, -0.15) is 0 Å². The summed E-state index contributed by atoms with van der Waals surface area (Å²) in [5, 5.41) is 4.63. The number of aromatic nitrogens is 2. The Morgan fingerprint density at radius 3 is 2.52 bits per heavy atom. The third-order valence-electron chi connectivity index (χ3n) is 4.72. The van der Waals surface area contributed by atoms with E-state index in [2.05, 4.69) is 48.6 Å². The maximum atomic E-state index is 4.92. The molecule has 4 nitrogen and oxygen atoms in total. The SMILES string of the molecule is CN(C)CCNc1nc(C2CCCCCC2)c2ccccc2n1. The molecule has 124 valence electrons. The molecule has 0 aliphatic heterocycles. The fourth-order valence-corrected chi connectivity index (χ4v) is 3.44. The zero-order chi connectivity index (χ0) is 16.1. The fraction of sp³-hybridized carbons (Fsp3) is 0.579. The lowest BCUT2D eigenvalue weighted by Gasteiger charge is -2.18. The first-order valence-electron chi connectivity index (χ1n) is 8.89. The number of hydrogen-bond donors (Lipinski definition) is 1. The zero-order valence-corrected chi connectivity index (χ0v) is 14.4. The lowest BCUT2D eigenvalue weighted by atomic mass is 9.93. The van der Waals surface area contributed by atoms with Crippen LogP contribution in [0, 0.1) is 0 Å². The molecule has 3 rings (SSSR count). The molecule has 1 aliphatic carbocycles. The van der Waals surface area contributed by atoms with Crippen molar-refractivity contribution in [2.45, 2.75) is 44.4 Å². The first-order chi connectivity index (χ1) is 11.2. The fourth-order valence-electron chi connectivity index (χ4n) is 3.44. The van der Waals surface area contributed by atoms with E-state index in [9.17, 15) is 0 Å². The largest absolute Gasteiger partial charge is 0.353 e. The van der Waals surface area contributed by atoms with Crippen LogP contribution in [0.2, 0.25) is 0 Å². The van der Waals surface area contributed by atoms with Crippen LogP contribution < -0.4 is 5.32 Å². The molecular formula is C19H28N4. The lowest BCUT2D eigenvalue weighted by molar-refractivity contribution is 0.425. The molecule has 1 heterocycles. The van der Waals surface area contributed by atoms with Crippen molar-refractivity contribution in [3.05, 3.63) is 30.0 Å². The van der Waals surface area contributed by atoms with Gasteiger partial charge in [-0.25, -0.2) is 9.97 Å². The standard InChI is InChI=1S/C19H28N4/c1-23(2)14-13-20-19-21-17-12-8-7-11-16(17)18(22-19)15-9-5-3-4-6-10-15/h7-8,11-12,15H,3-6,9-10,13-14H2,1-2H3,(H,20,21,22). The molecule has 1 fully saturated rings. The van der Waals surface area contributed by atoms with Crippen molar-refractivity contribution in [1.29, 1.82) is 0 Å². The number of nitrogens with one attached hydrogen (secondary N) is 1. The van der Waals surface area contributed by atoms with Gasteiger partial charge in [0.25, 0.3) is 0 Å². The Bertz CT molecular complexity index is 630. The van der Waals surface area contributed by atoms with E-state index >= 15 is 0 Å². The molecule has 0 saturated heterocycles. The molecule has 1 aromatic heterocycles. The summed E-state index contributed by atoms with van der Waals surface area (Å²) >= 11 is 0. The van der Waals surface area contributed by atoms with Gasteiger partial charge in [0, 0.05) is 24.4 Å². The molecule has 2 aromatic rings. The number of hydrogen-bond acceptors (Lipinski definition) is 4. The number of para-hydroxylation sites is 1. The third kappa shape index (κ3) is 4.20. The second kappa shape index (κ2) is 7.73. The third-order valence-corrected chi connectivity index (χ3v) is 4.72. The van der Waals surface area contributed by atoms with Gasteiger partial charge in [0.15, 0.2) is 0 Å². The summed E-state index contributed by atoms with van der Waals surface area (Å²) in [5.74, 6) is 1.37. The van der Waals surface area contributed by atoms with Gasteiger partial charge >= 0.3 is 0 Å². The summed E-state index contributed by atoms with van der Waals surface area (Å²) in [6, 6.07) is 8.45. The normalized spacial score (nSPS) is 16.7. The number of fused-ring (bicyclic) bond motifs is 1. The highest BCUT2D eigenvalue weighted by Crippen LogP contribution is 2.34. The van der Waals surface area contributed by atoms with Crippen LogP contribution in [0.1, 0.15) is 50.1 Å². The van der Waals surface area contributed by atoms with Crippen molar-refractivity contribution >= 4 is 16.9 Å². The number of benzene rings is 1. The molecule has 0 atom stereocenters. The van der Waals surface area contributed by atoms with Gasteiger partial charge in [0.05, 0.1) is 11.2 Å². The number of nitrogens with zero attached hydrogens (tertiary/aromatic N) is 3. The van der Waals surface area contributed by atoms with E-state index < -0.39 is 0 Å². The minimum absolute atomic E-state index is 0.583. The van der Waals surface area contributed by atoms with Crippen molar-refractivity contribution < 1.29 is 0 Å². The Hall–Kier alpha value is -1.68. The average molecular weight is 312 g/mol. The van der Waals surface area contributed by atoms with Crippen LogP contribution in [0.15, 0.2) is 24.3 Å². The highest BCUT2D eigenvalue weighted by molar-refractivity contribution is 5.82. The molecule has 0 bridgehead atoms. The molecule has 0 unspecified atom stereocenters. The van der Waals surface area contributed by atoms with E-state index in [0.29, 0.717) is 5.92 Å². The Labute approximate surface area is 139 Å². The van der Waals surface area contributed by atoms with Crippen LogP contribution in [0.25, 0.3) is 10.9 Å². The Morgan fingerprint density at radius 2 is 1.78 bits per heavy atom. The predicted octanol–water partition coefficient (Wildman–Crippen LogP) is 4.04. The first kappa shape index (κ1) is 16.2.